The minimum absolute atomic E-state index is 0.0938. The summed E-state index contributed by atoms with van der Waals surface area (Å²) in [4.78, 5) is 0. The Labute approximate surface area is 83.7 Å². The molecule has 0 spiro atoms. The molecule has 78 valence electrons. The molecule has 2 heterocycles. The minimum atomic E-state index is -0.297. The van der Waals surface area contributed by atoms with E-state index < -0.39 is 0 Å². The molecule has 2 rings (SSSR count). The zero-order valence-electron chi connectivity index (χ0n) is 8.51. The molecule has 1 aliphatic heterocycles. The molecule has 14 heavy (non-hydrogen) atoms. The Morgan fingerprint density at radius 2 is 2.21 bits per heavy atom. The van der Waals surface area contributed by atoms with Crippen molar-refractivity contribution in [1.82, 2.24) is 0 Å². The standard InChI is InChI=1S/C11H16O3/c1-7-6-9(12)8(2)11(14-7)10-4-3-5-13-10/h3-5,7-9,11-12H,6H2,1-2H3/t7-,8+,9+,11-/m0/s1. The van der Waals surface area contributed by atoms with E-state index in [0.717, 1.165) is 5.76 Å². The summed E-state index contributed by atoms with van der Waals surface area (Å²) in [5, 5.41) is 9.80. The van der Waals surface area contributed by atoms with Gasteiger partial charge in [0, 0.05) is 5.92 Å². The number of hydrogen-bond acceptors (Lipinski definition) is 3. The topological polar surface area (TPSA) is 42.6 Å². The first-order valence-corrected chi connectivity index (χ1v) is 5.05. The Kier molecular flexibility index (Phi) is 2.61. The summed E-state index contributed by atoms with van der Waals surface area (Å²) >= 11 is 0. The number of hydrogen-bond donors (Lipinski definition) is 1. The van der Waals surface area contributed by atoms with Crippen molar-refractivity contribution in [2.75, 3.05) is 0 Å². The fraction of sp³-hybridized carbons (Fsp3) is 0.636. The van der Waals surface area contributed by atoms with Crippen molar-refractivity contribution in [2.24, 2.45) is 5.92 Å². The Hall–Kier alpha value is -0.800. The lowest BCUT2D eigenvalue weighted by atomic mass is 9.89. The molecule has 0 bridgehead atoms. The predicted octanol–water partition coefficient (Wildman–Crippen LogP) is 2.13. The maximum atomic E-state index is 9.80. The Bertz CT molecular complexity index is 281. The van der Waals surface area contributed by atoms with Crippen molar-refractivity contribution in [3.63, 3.8) is 0 Å². The summed E-state index contributed by atoms with van der Waals surface area (Å²) in [7, 11) is 0. The zero-order valence-corrected chi connectivity index (χ0v) is 8.51. The predicted molar refractivity (Wildman–Crippen MR) is 51.8 cm³/mol. The molecule has 3 heteroatoms. The summed E-state index contributed by atoms with van der Waals surface area (Å²) < 4.78 is 11.1. The van der Waals surface area contributed by atoms with Crippen LogP contribution in [0.25, 0.3) is 0 Å². The van der Waals surface area contributed by atoms with Crippen molar-refractivity contribution in [1.29, 1.82) is 0 Å². The number of aliphatic hydroxyl groups is 1. The normalized spacial score (nSPS) is 38.5. The van der Waals surface area contributed by atoms with Crippen LogP contribution in [0.2, 0.25) is 0 Å². The van der Waals surface area contributed by atoms with Gasteiger partial charge in [-0.3, -0.25) is 0 Å². The van der Waals surface area contributed by atoms with E-state index in [-0.39, 0.29) is 24.2 Å². The molecule has 1 aliphatic rings. The molecular formula is C11H16O3. The molecule has 1 aromatic rings. The number of ether oxygens (including phenoxy) is 1. The molecule has 1 aromatic heterocycles. The van der Waals surface area contributed by atoms with Crippen LogP contribution in [0, 0.1) is 5.92 Å². The van der Waals surface area contributed by atoms with E-state index in [9.17, 15) is 5.11 Å². The summed E-state index contributed by atoms with van der Waals surface area (Å²) in [6.07, 6.45) is 2.03. The third kappa shape index (κ3) is 1.70. The quantitative estimate of drug-likeness (QED) is 0.748. The van der Waals surface area contributed by atoms with Crippen molar-refractivity contribution in [2.45, 2.75) is 38.6 Å². The van der Waals surface area contributed by atoms with Gasteiger partial charge in [-0.05, 0) is 25.5 Å². The largest absolute Gasteiger partial charge is 0.467 e. The smallest absolute Gasteiger partial charge is 0.132 e. The van der Waals surface area contributed by atoms with E-state index in [1.807, 2.05) is 26.0 Å². The second kappa shape index (κ2) is 3.75. The maximum Gasteiger partial charge on any atom is 0.132 e. The third-order valence-corrected chi connectivity index (χ3v) is 2.86. The van der Waals surface area contributed by atoms with E-state index in [1.165, 1.54) is 0 Å². The van der Waals surface area contributed by atoms with E-state index in [2.05, 4.69) is 0 Å². The van der Waals surface area contributed by atoms with Gasteiger partial charge in [-0.1, -0.05) is 6.92 Å². The van der Waals surface area contributed by atoms with Crippen molar-refractivity contribution < 1.29 is 14.3 Å². The summed E-state index contributed by atoms with van der Waals surface area (Å²) in [6, 6.07) is 3.74. The molecule has 0 aromatic carbocycles. The second-order valence-electron chi connectivity index (χ2n) is 4.04. The highest BCUT2D eigenvalue weighted by Gasteiger charge is 2.35. The van der Waals surface area contributed by atoms with E-state index in [0.29, 0.717) is 6.42 Å². The molecule has 3 nitrogen and oxygen atoms in total. The van der Waals surface area contributed by atoms with Crippen molar-refractivity contribution >= 4 is 0 Å². The molecule has 0 saturated carbocycles. The molecule has 1 fully saturated rings. The fourth-order valence-electron chi connectivity index (χ4n) is 1.97. The van der Waals surface area contributed by atoms with E-state index in [4.69, 9.17) is 9.15 Å². The van der Waals surface area contributed by atoms with Gasteiger partial charge in [0.15, 0.2) is 0 Å². The Morgan fingerprint density at radius 1 is 1.43 bits per heavy atom. The molecule has 0 aliphatic carbocycles. The highest BCUT2D eigenvalue weighted by molar-refractivity contribution is 5.05. The van der Waals surface area contributed by atoms with Gasteiger partial charge < -0.3 is 14.3 Å². The van der Waals surface area contributed by atoms with E-state index in [1.54, 1.807) is 6.26 Å². The second-order valence-corrected chi connectivity index (χ2v) is 4.04. The van der Waals surface area contributed by atoms with Gasteiger partial charge in [0.2, 0.25) is 0 Å². The van der Waals surface area contributed by atoms with Crippen LogP contribution in [0.15, 0.2) is 22.8 Å². The Morgan fingerprint density at radius 3 is 2.86 bits per heavy atom. The third-order valence-electron chi connectivity index (χ3n) is 2.86. The van der Waals surface area contributed by atoms with Gasteiger partial charge in [-0.2, -0.15) is 0 Å². The van der Waals surface area contributed by atoms with Crippen LogP contribution in [0.3, 0.4) is 0 Å². The zero-order chi connectivity index (χ0) is 10.1. The first kappa shape index (κ1) is 9.74. The van der Waals surface area contributed by atoms with Gasteiger partial charge in [0.05, 0.1) is 18.5 Å². The molecule has 0 radical (unpaired) electrons. The van der Waals surface area contributed by atoms with Crippen LogP contribution in [0.4, 0.5) is 0 Å². The maximum absolute atomic E-state index is 9.80. The first-order valence-electron chi connectivity index (χ1n) is 5.05. The van der Waals surface area contributed by atoms with Crippen LogP contribution >= 0.6 is 0 Å². The lowest BCUT2D eigenvalue weighted by Crippen LogP contribution is -2.36. The average molecular weight is 196 g/mol. The highest BCUT2D eigenvalue weighted by Crippen LogP contribution is 2.36. The first-order chi connectivity index (χ1) is 6.68. The van der Waals surface area contributed by atoms with Crippen molar-refractivity contribution in [3.8, 4) is 0 Å². The number of furan rings is 1. The van der Waals surface area contributed by atoms with Crippen LogP contribution in [-0.2, 0) is 4.74 Å². The minimum Gasteiger partial charge on any atom is -0.467 e. The number of rotatable bonds is 1. The van der Waals surface area contributed by atoms with Gasteiger partial charge in [0.1, 0.15) is 11.9 Å². The van der Waals surface area contributed by atoms with Crippen LogP contribution in [0.1, 0.15) is 32.1 Å². The van der Waals surface area contributed by atoms with Crippen LogP contribution in [0.5, 0.6) is 0 Å². The fourth-order valence-corrected chi connectivity index (χ4v) is 1.97. The molecule has 0 unspecified atom stereocenters. The molecule has 0 amide bonds. The monoisotopic (exact) mass is 196 g/mol. The highest BCUT2D eigenvalue weighted by atomic mass is 16.5. The SMILES string of the molecule is C[C@@H]1[C@H](O)C[C@H](C)O[C@@H]1c1ccco1. The summed E-state index contributed by atoms with van der Waals surface area (Å²) in [5.41, 5.74) is 0. The summed E-state index contributed by atoms with van der Waals surface area (Å²) in [5.74, 6) is 0.903. The lowest BCUT2D eigenvalue weighted by Gasteiger charge is -2.35. The van der Waals surface area contributed by atoms with Crippen molar-refractivity contribution in [3.05, 3.63) is 24.2 Å². The van der Waals surface area contributed by atoms with Crippen LogP contribution in [-0.4, -0.2) is 17.3 Å². The molecular weight excluding hydrogens is 180 g/mol. The van der Waals surface area contributed by atoms with Gasteiger partial charge in [-0.25, -0.2) is 0 Å². The van der Waals surface area contributed by atoms with E-state index >= 15 is 0 Å². The molecule has 1 saturated heterocycles. The van der Waals surface area contributed by atoms with Crippen LogP contribution < -0.4 is 0 Å². The van der Waals surface area contributed by atoms with Gasteiger partial charge >= 0.3 is 0 Å². The lowest BCUT2D eigenvalue weighted by molar-refractivity contribution is -0.133. The average Bonchev–Trinajstić information content (AvgIpc) is 2.63. The summed E-state index contributed by atoms with van der Waals surface area (Å²) in [6.45, 7) is 3.97. The number of aliphatic hydroxyl groups excluding tert-OH is 1. The van der Waals surface area contributed by atoms with Gasteiger partial charge in [0.25, 0.3) is 0 Å². The molecule has 4 atom stereocenters. The Balaban J connectivity index is 2.17. The van der Waals surface area contributed by atoms with Gasteiger partial charge in [-0.15, -0.1) is 0 Å². The molecule has 1 N–H and O–H groups in total.